The molecular weight excluding hydrogens is 220 g/mol. The summed E-state index contributed by atoms with van der Waals surface area (Å²) in [5.74, 6) is 0.851. The van der Waals surface area contributed by atoms with E-state index in [0.29, 0.717) is 24.3 Å². The fourth-order valence-corrected chi connectivity index (χ4v) is 1.68. The summed E-state index contributed by atoms with van der Waals surface area (Å²) in [5.41, 5.74) is 6.45. The van der Waals surface area contributed by atoms with Crippen LogP contribution >= 0.6 is 0 Å². The van der Waals surface area contributed by atoms with Gasteiger partial charge in [-0.15, -0.1) is 0 Å². The summed E-state index contributed by atoms with van der Waals surface area (Å²) >= 11 is 0. The highest BCUT2D eigenvalue weighted by Gasteiger charge is 2.17. The van der Waals surface area contributed by atoms with Gasteiger partial charge in [0.15, 0.2) is 0 Å². The highest BCUT2D eigenvalue weighted by atomic mass is 16.3. The summed E-state index contributed by atoms with van der Waals surface area (Å²) < 4.78 is 5.38. The van der Waals surface area contributed by atoms with E-state index >= 15 is 0 Å². The number of amides is 2. The van der Waals surface area contributed by atoms with Crippen molar-refractivity contribution < 1.29 is 14.0 Å². The fraction of sp³-hybridized carbons (Fsp3) is 0.500. The lowest BCUT2D eigenvalue weighted by Crippen LogP contribution is -2.26. The molecule has 0 aliphatic carbocycles. The van der Waals surface area contributed by atoms with Crippen molar-refractivity contribution in [3.8, 4) is 0 Å². The summed E-state index contributed by atoms with van der Waals surface area (Å²) in [4.78, 5) is 22.4. The zero-order valence-electron chi connectivity index (χ0n) is 10.4. The molecule has 0 bridgehead atoms. The average Bonchev–Trinajstić information content (AvgIpc) is 2.48. The number of primary amides is 1. The summed E-state index contributed by atoms with van der Waals surface area (Å²) in [5, 5.41) is 2.74. The molecule has 0 fully saturated rings. The second-order valence-electron chi connectivity index (χ2n) is 4.04. The second-order valence-corrected chi connectivity index (χ2v) is 4.04. The van der Waals surface area contributed by atoms with Crippen LogP contribution in [0, 0.1) is 20.8 Å². The number of hydrogen-bond donors (Lipinski definition) is 2. The van der Waals surface area contributed by atoms with Gasteiger partial charge in [0.1, 0.15) is 11.5 Å². The van der Waals surface area contributed by atoms with Crippen molar-refractivity contribution in [2.75, 3.05) is 6.54 Å². The zero-order valence-corrected chi connectivity index (χ0v) is 10.4. The molecule has 1 aromatic rings. The summed E-state index contributed by atoms with van der Waals surface area (Å²) in [6, 6.07) is 0. The molecule has 0 aliphatic rings. The van der Waals surface area contributed by atoms with Crippen LogP contribution in [0.4, 0.5) is 0 Å². The molecule has 5 heteroatoms. The number of carbonyl (C=O) groups excluding carboxylic acids is 2. The Morgan fingerprint density at radius 1 is 1.24 bits per heavy atom. The van der Waals surface area contributed by atoms with Gasteiger partial charge < -0.3 is 15.5 Å². The Hall–Kier alpha value is -1.78. The van der Waals surface area contributed by atoms with Gasteiger partial charge >= 0.3 is 0 Å². The molecule has 94 valence electrons. The molecule has 17 heavy (non-hydrogen) atoms. The van der Waals surface area contributed by atoms with Crippen LogP contribution < -0.4 is 11.1 Å². The van der Waals surface area contributed by atoms with Gasteiger partial charge in [-0.2, -0.15) is 0 Å². The van der Waals surface area contributed by atoms with Crippen LogP contribution in [0.5, 0.6) is 0 Å². The normalized spacial score (nSPS) is 10.3. The minimum atomic E-state index is -0.356. The molecule has 0 spiro atoms. The van der Waals surface area contributed by atoms with Crippen molar-refractivity contribution in [1.29, 1.82) is 0 Å². The Labute approximate surface area is 100 Å². The summed E-state index contributed by atoms with van der Waals surface area (Å²) in [6.45, 7) is 5.87. The van der Waals surface area contributed by atoms with E-state index in [1.165, 1.54) is 0 Å². The Morgan fingerprint density at radius 2 is 1.88 bits per heavy atom. The Morgan fingerprint density at radius 3 is 2.35 bits per heavy atom. The van der Waals surface area contributed by atoms with Gasteiger partial charge in [0.05, 0.1) is 5.56 Å². The van der Waals surface area contributed by atoms with Gasteiger partial charge in [-0.25, -0.2) is 0 Å². The van der Waals surface area contributed by atoms with Crippen LogP contribution in [-0.2, 0) is 4.79 Å². The minimum absolute atomic E-state index is 0.165. The predicted octanol–water partition coefficient (Wildman–Crippen LogP) is 1.20. The van der Waals surface area contributed by atoms with Crippen molar-refractivity contribution in [3.05, 3.63) is 22.6 Å². The van der Waals surface area contributed by atoms with E-state index in [2.05, 4.69) is 5.32 Å². The van der Waals surface area contributed by atoms with Crippen molar-refractivity contribution >= 4 is 11.8 Å². The number of hydrogen-bond acceptors (Lipinski definition) is 3. The van der Waals surface area contributed by atoms with E-state index in [1.54, 1.807) is 6.92 Å². The molecule has 1 heterocycles. The van der Waals surface area contributed by atoms with Crippen molar-refractivity contribution in [3.63, 3.8) is 0 Å². The summed E-state index contributed by atoms with van der Waals surface area (Å²) in [6.07, 6.45) is 0.832. The molecular formula is C12H18N2O3. The van der Waals surface area contributed by atoms with Crippen LogP contribution in [-0.4, -0.2) is 18.4 Å². The minimum Gasteiger partial charge on any atom is -0.466 e. The number of nitrogens with two attached hydrogens (primary N) is 1. The molecule has 1 rings (SSSR count). The molecule has 1 aromatic heterocycles. The van der Waals surface area contributed by atoms with Crippen LogP contribution in [0.3, 0.4) is 0 Å². The summed E-state index contributed by atoms with van der Waals surface area (Å²) in [7, 11) is 0. The Kier molecular flexibility index (Phi) is 4.31. The number of aryl methyl sites for hydroxylation is 2. The number of furan rings is 1. The van der Waals surface area contributed by atoms with E-state index in [9.17, 15) is 9.59 Å². The maximum absolute atomic E-state index is 11.9. The lowest BCUT2D eigenvalue weighted by molar-refractivity contribution is -0.118. The maximum atomic E-state index is 11.9. The standard InChI is InChI=1S/C12H18N2O3/c1-7-8(2)17-9(3)11(7)12(16)14-6-4-5-10(13)15/h4-6H2,1-3H3,(H2,13,15)(H,14,16). The van der Waals surface area contributed by atoms with Gasteiger partial charge in [0.25, 0.3) is 5.91 Å². The quantitative estimate of drug-likeness (QED) is 0.756. The first-order chi connectivity index (χ1) is 7.93. The van der Waals surface area contributed by atoms with Crippen molar-refractivity contribution in [2.24, 2.45) is 5.73 Å². The number of rotatable bonds is 5. The third kappa shape index (κ3) is 3.34. The number of nitrogens with one attached hydrogen (secondary N) is 1. The molecule has 0 aliphatic heterocycles. The highest BCUT2D eigenvalue weighted by molar-refractivity contribution is 5.96. The first-order valence-electron chi connectivity index (χ1n) is 5.56. The van der Waals surface area contributed by atoms with Crippen LogP contribution in [0.15, 0.2) is 4.42 Å². The van der Waals surface area contributed by atoms with Crippen molar-refractivity contribution in [1.82, 2.24) is 5.32 Å². The van der Waals surface area contributed by atoms with Gasteiger partial charge in [-0.3, -0.25) is 9.59 Å². The predicted molar refractivity (Wildman–Crippen MR) is 63.7 cm³/mol. The van der Waals surface area contributed by atoms with E-state index < -0.39 is 0 Å². The third-order valence-electron chi connectivity index (χ3n) is 2.67. The largest absolute Gasteiger partial charge is 0.466 e. The maximum Gasteiger partial charge on any atom is 0.255 e. The SMILES string of the molecule is Cc1oc(C)c(C(=O)NCCCC(N)=O)c1C. The van der Waals surface area contributed by atoms with Gasteiger partial charge in [0.2, 0.25) is 5.91 Å². The van der Waals surface area contributed by atoms with Gasteiger partial charge in [-0.1, -0.05) is 0 Å². The molecule has 0 saturated heterocycles. The lowest BCUT2D eigenvalue weighted by Gasteiger charge is -2.04. The molecule has 0 atom stereocenters. The third-order valence-corrected chi connectivity index (χ3v) is 2.67. The van der Waals surface area contributed by atoms with E-state index in [-0.39, 0.29) is 18.2 Å². The first kappa shape index (κ1) is 13.3. The fourth-order valence-electron chi connectivity index (χ4n) is 1.68. The van der Waals surface area contributed by atoms with Gasteiger partial charge in [-0.05, 0) is 27.2 Å². The molecule has 5 nitrogen and oxygen atoms in total. The molecule has 0 radical (unpaired) electrons. The van der Waals surface area contributed by atoms with Crippen LogP contribution in [0.2, 0.25) is 0 Å². The van der Waals surface area contributed by atoms with Crippen LogP contribution in [0.1, 0.15) is 40.3 Å². The zero-order chi connectivity index (χ0) is 13.0. The van der Waals surface area contributed by atoms with Gasteiger partial charge in [0, 0.05) is 18.5 Å². The molecule has 0 saturated carbocycles. The topological polar surface area (TPSA) is 85.3 Å². The molecule has 2 amide bonds. The highest BCUT2D eigenvalue weighted by Crippen LogP contribution is 2.20. The Balaban J connectivity index is 2.55. The monoisotopic (exact) mass is 238 g/mol. The van der Waals surface area contributed by atoms with Crippen LogP contribution in [0.25, 0.3) is 0 Å². The van der Waals surface area contributed by atoms with Crippen molar-refractivity contribution in [2.45, 2.75) is 33.6 Å². The molecule has 0 unspecified atom stereocenters. The number of carbonyl (C=O) groups is 2. The first-order valence-corrected chi connectivity index (χ1v) is 5.56. The van der Waals surface area contributed by atoms with E-state index in [4.69, 9.17) is 10.2 Å². The molecule has 0 aromatic carbocycles. The second kappa shape index (κ2) is 5.52. The Bertz CT molecular complexity index is 435. The average molecular weight is 238 g/mol. The van der Waals surface area contributed by atoms with E-state index in [1.807, 2.05) is 13.8 Å². The molecule has 3 N–H and O–H groups in total. The van der Waals surface area contributed by atoms with E-state index in [0.717, 1.165) is 11.3 Å². The lowest BCUT2D eigenvalue weighted by atomic mass is 10.1. The smallest absolute Gasteiger partial charge is 0.255 e.